The normalized spacial score (nSPS) is 15.8. The Morgan fingerprint density at radius 3 is 2.65 bits per heavy atom. The number of fused-ring (bicyclic) bond motifs is 1. The van der Waals surface area contributed by atoms with Crippen molar-refractivity contribution in [3.63, 3.8) is 0 Å². The third-order valence-corrected chi connectivity index (χ3v) is 3.53. The highest BCUT2D eigenvalue weighted by molar-refractivity contribution is 5.85. The average Bonchev–Trinajstić information content (AvgIpc) is 2.84. The number of anilines is 1. The molecule has 2 aromatic heterocycles. The molecule has 1 fully saturated rings. The molecule has 0 N–H and O–H groups in total. The van der Waals surface area contributed by atoms with Gasteiger partial charge < -0.3 is 14.2 Å². The van der Waals surface area contributed by atoms with E-state index < -0.39 is 0 Å². The van der Waals surface area contributed by atoms with Crippen LogP contribution in [0.15, 0.2) is 6.58 Å². The number of hydrogen-bond acceptors (Lipinski definition) is 5. The summed E-state index contributed by atoms with van der Waals surface area (Å²) in [5, 5.41) is 0. The Hall–Kier alpha value is -1.95. The maximum absolute atomic E-state index is 5.41. The maximum atomic E-state index is 5.41. The van der Waals surface area contributed by atoms with E-state index >= 15 is 0 Å². The second kappa shape index (κ2) is 5.20. The largest absolute Gasteiger partial charge is 0.378 e. The molecule has 6 nitrogen and oxygen atoms in total. The summed E-state index contributed by atoms with van der Waals surface area (Å²) >= 11 is 0. The minimum absolute atomic E-state index is 0.730. The topological polar surface area (TPSA) is 56.1 Å². The second-order valence-corrected chi connectivity index (χ2v) is 4.78. The van der Waals surface area contributed by atoms with Crippen LogP contribution in [-0.2, 0) is 11.3 Å². The highest BCUT2D eigenvalue weighted by Gasteiger charge is 2.20. The zero-order valence-corrected chi connectivity index (χ0v) is 12.0. The van der Waals surface area contributed by atoms with Gasteiger partial charge in [0.25, 0.3) is 0 Å². The van der Waals surface area contributed by atoms with E-state index in [0.29, 0.717) is 0 Å². The SMILES string of the molecule is C=Cc1nc2c(N3CCOCC3)nc(C)nc2n1CC. The Bertz CT molecular complexity index is 643. The Labute approximate surface area is 118 Å². The second-order valence-electron chi connectivity index (χ2n) is 4.78. The van der Waals surface area contributed by atoms with Crippen molar-refractivity contribution in [3.8, 4) is 0 Å². The van der Waals surface area contributed by atoms with Gasteiger partial charge in [-0.2, -0.15) is 0 Å². The van der Waals surface area contributed by atoms with Crippen molar-refractivity contribution < 1.29 is 4.74 Å². The smallest absolute Gasteiger partial charge is 0.166 e. The maximum Gasteiger partial charge on any atom is 0.166 e. The van der Waals surface area contributed by atoms with Gasteiger partial charge in [0.2, 0.25) is 0 Å². The molecule has 1 aliphatic rings. The molecule has 2 aromatic rings. The molecule has 1 saturated heterocycles. The number of aromatic nitrogens is 4. The molecule has 0 bridgehead atoms. The molecule has 1 aliphatic heterocycles. The summed E-state index contributed by atoms with van der Waals surface area (Å²) < 4.78 is 7.48. The van der Waals surface area contributed by atoms with E-state index in [0.717, 1.165) is 61.5 Å². The number of hydrogen-bond donors (Lipinski definition) is 0. The minimum atomic E-state index is 0.730. The van der Waals surface area contributed by atoms with Crippen molar-refractivity contribution in [1.82, 2.24) is 19.5 Å². The zero-order chi connectivity index (χ0) is 14.1. The molecule has 0 atom stereocenters. The van der Waals surface area contributed by atoms with Gasteiger partial charge in [0.05, 0.1) is 13.2 Å². The predicted molar refractivity (Wildman–Crippen MR) is 78.9 cm³/mol. The third-order valence-electron chi connectivity index (χ3n) is 3.53. The number of imidazole rings is 1. The zero-order valence-electron chi connectivity index (χ0n) is 12.0. The molecule has 3 heterocycles. The van der Waals surface area contributed by atoms with Crippen molar-refractivity contribution in [3.05, 3.63) is 18.2 Å². The van der Waals surface area contributed by atoms with Crippen LogP contribution in [0.5, 0.6) is 0 Å². The average molecular weight is 273 g/mol. The number of morpholine rings is 1. The number of nitrogens with zero attached hydrogens (tertiary/aromatic N) is 5. The van der Waals surface area contributed by atoms with Crippen LogP contribution in [0, 0.1) is 6.92 Å². The van der Waals surface area contributed by atoms with Crippen LogP contribution >= 0.6 is 0 Å². The fraction of sp³-hybridized carbons (Fsp3) is 0.500. The molecule has 6 heteroatoms. The molecule has 0 saturated carbocycles. The quantitative estimate of drug-likeness (QED) is 0.851. The summed E-state index contributed by atoms with van der Waals surface area (Å²) in [6, 6.07) is 0. The molecule has 0 amide bonds. The molecule has 106 valence electrons. The van der Waals surface area contributed by atoms with Gasteiger partial charge in [-0.3, -0.25) is 0 Å². The first kappa shape index (κ1) is 13.1. The van der Waals surface area contributed by atoms with Crippen molar-refractivity contribution in [2.45, 2.75) is 20.4 Å². The van der Waals surface area contributed by atoms with Gasteiger partial charge in [0.1, 0.15) is 11.6 Å². The highest BCUT2D eigenvalue weighted by atomic mass is 16.5. The standard InChI is InChI=1S/C14H19N5O/c1-4-11-17-12-13(18-6-8-20-9-7-18)15-10(3)16-14(12)19(11)5-2/h4H,1,5-9H2,2-3H3. The summed E-state index contributed by atoms with van der Waals surface area (Å²) in [4.78, 5) is 16.0. The van der Waals surface area contributed by atoms with E-state index in [1.54, 1.807) is 6.08 Å². The van der Waals surface area contributed by atoms with E-state index in [4.69, 9.17) is 4.74 Å². The molecule has 0 aromatic carbocycles. The molecule has 0 spiro atoms. The van der Waals surface area contributed by atoms with Gasteiger partial charge in [-0.1, -0.05) is 6.58 Å². The third kappa shape index (κ3) is 2.06. The van der Waals surface area contributed by atoms with Crippen molar-refractivity contribution in [2.24, 2.45) is 0 Å². The number of rotatable bonds is 3. The summed E-state index contributed by atoms with van der Waals surface area (Å²) in [7, 11) is 0. The predicted octanol–water partition coefficient (Wildman–Crippen LogP) is 1.63. The monoisotopic (exact) mass is 273 g/mol. The first-order valence-corrected chi connectivity index (χ1v) is 6.94. The Morgan fingerprint density at radius 2 is 2.00 bits per heavy atom. The van der Waals surface area contributed by atoms with Gasteiger partial charge in [-0.15, -0.1) is 0 Å². The Morgan fingerprint density at radius 1 is 1.25 bits per heavy atom. The van der Waals surface area contributed by atoms with Crippen molar-refractivity contribution in [1.29, 1.82) is 0 Å². The van der Waals surface area contributed by atoms with E-state index in [-0.39, 0.29) is 0 Å². The van der Waals surface area contributed by atoms with Crippen molar-refractivity contribution >= 4 is 23.1 Å². The highest BCUT2D eigenvalue weighted by Crippen LogP contribution is 2.25. The lowest BCUT2D eigenvalue weighted by atomic mass is 10.3. The van der Waals surface area contributed by atoms with Crippen LogP contribution in [-0.4, -0.2) is 45.8 Å². The van der Waals surface area contributed by atoms with Crippen LogP contribution in [0.1, 0.15) is 18.6 Å². The van der Waals surface area contributed by atoms with Crippen LogP contribution in [0.25, 0.3) is 17.2 Å². The molecule has 3 rings (SSSR count). The van der Waals surface area contributed by atoms with Crippen LogP contribution in [0.3, 0.4) is 0 Å². The number of aryl methyl sites for hydroxylation is 2. The fourth-order valence-corrected chi connectivity index (χ4v) is 2.57. The Kier molecular flexibility index (Phi) is 3.40. The van der Waals surface area contributed by atoms with Gasteiger partial charge in [-0.05, 0) is 19.9 Å². The lowest BCUT2D eigenvalue weighted by Crippen LogP contribution is -2.37. The molecule has 20 heavy (non-hydrogen) atoms. The van der Waals surface area contributed by atoms with Gasteiger partial charge in [-0.25, -0.2) is 15.0 Å². The van der Waals surface area contributed by atoms with Crippen LogP contribution in [0.2, 0.25) is 0 Å². The summed E-state index contributed by atoms with van der Waals surface area (Å²) in [5.74, 6) is 2.52. The van der Waals surface area contributed by atoms with E-state index in [1.165, 1.54) is 0 Å². The van der Waals surface area contributed by atoms with E-state index in [2.05, 4.69) is 37.9 Å². The molecule has 0 unspecified atom stereocenters. The number of ether oxygens (including phenoxy) is 1. The Balaban J connectivity index is 2.20. The van der Waals surface area contributed by atoms with Crippen LogP contribution in [0.4, 0.5) is 5.82 Å². The summed E-state index contributed by atoms with van der Waals surface area (Å²) in [5.41, 5.74) is 1.74. The van der Waals surface area contributed by atoms with Gasteiger partial charge in [0, 0.05) is 19.6 Å². The molecular formula is C14H19N5O. The minimum Gasteiger partial charge on any atom is -0.378 e. The lowest BCUT2D eigenvalue weighted by Gasteiger charge is -2.27. The fourth-order valence-electron chi connectivity index (χ4n) is 2.57. The molecule has 0 radical (unpaired) electrons. The van der Waals surface area contributed by atoms with Gasteiger partial charge >= 0.3 is 0 Å². The lowest BCUT2D eigenvalue weighted by molar-refractivity contribution is 0.122. The summed E-state index contributed by atoms with van der Waals surface area (Å²) in [6.45, 7) is 11.8. The molecular weight excluding hydrogens is 254 g/mol. The summed E-state index contributed by atoms with van der Waals surface area (Å²) in [6.07, 6.45) is 1.77. The first-order valence-electron chi connectivity index (χ1n) is 6.94. The molecule has 0 aliphatic carbocycles. The first-order chi connectivity index (χ1) is 9.74. The van der Waals surface area contributed by atoms with Crippen molar-refractivity contribution in [2.75, 3.05) is 31.2 Å². The van der Waals surface area contributed by atoms with Crippen LogP contribution < -0.4 is 4.90 Å². The van der Waals surface area contributed by atoms with E-state index in [1.807, 2.05) is 6.92 Å². The van der Waals surface area contributed by atoms with Gasteiger partial charge in [0.15, 0.2) is 17.0 Å². The van der Waals surface area contributed by atoms with E-state index in [9.17, 15) is 0 Å².